The molecule has 4 heteroatoms. The first-order valence-corrected chi connectivity index (χ1v) is 9.86. The molecule has 1 fully saturated rings. The van der Waals surface area contributed by atoms with Crippen LogP contribution >= 0.6 is 0 Å². The normalized spacial score (nSPS) is 21.8. The van der Waals surface area contributed by atoms with Gasteiger partial charge in [-0.3, -0.25) is 9.59 Å². The van der Waals surface area contributed by atoms with Crippen LogP contribution in [0.2, 0.25) is 0 Å². The first-order valence-electron chi connectivity index (χ1n) is 9.86. The van der Waals surface area contributed by atoms with Gasteiger partial charge in [-0.1, -0.05) is 48.5 Å². The van der Waals surface area contributed by atoms with Crippen molar-refractivity contribution in [3.8, 4) is 0 Å². The van der Waals surface area contributed by atoms with Crippen molar-refractivity contribution in [2.24, 2.45) is 5.92 Å². The van der Waals surface area contributed by atoms with Gasteiger partial charge in [-0.2, -0.15) is 0 Å². The molecule has 4 nitrogen and oxygen atoms in total. The van der Waals surface area contributed by atoms with E-state index >= 15 is 0 Å². The smallest absolute Gasteiger partial charge is 0.232 e. The van der Waals surface area contributed by atoms with Crippen molar-refractivity contribution in [2.45, 2.75) is 38.6 Å². The van der Waals surface area contributed by atoms with Gasteiger partial charge in [0, 0.05) is 24.8 Å². The first-order chi connectivity index (χ1) is 13.1. The summed E-state index contributed by atoms with van der Waals surface area (Å²) >= 11 is 0. The van der Waals surface area contributed by atoms with Gasteiger partial charge < -0.3 is 9.80 Å². The average molecular weight is 362 g/mol. The van der Waals surface area contributed by atoms with Gasteiger partial charge in [0.2, 0.25) is 11.8 Å². The number of anilines is 1. The number of piperidine rings is 1. The van der Waals surface area contributed by atoms with Crippen molar-refractivity contribution in [3.63, 3.8) is 0 Å². The van der Waals surface area contributed by atoms with Crippen molar-refractivity contribution >= 4 is 17.5 Å². The molecule has 0 bridgehead atoms. The Morgan fingerprint density at radius 2 is 1.78 bits per heavy atom. The second-order valence-electron chi connectivity index (χ2n) is 7.73. The van der Waals surface area contributed by atoms with Gasteiger partial charge in [0.25, 0.3) is 0 Å². The minimum atomic E-state index is -0.105. The predicted octanol–water partition coefficient (Wildman–Crippen LogP) is 3.45. The van der Waals surface area contributed by atoms with Crippen LogP contribution in [-0.2, 0) is 22.4 Å². The Balaban J connectivity index is 1.45. The lowest BCUT2D eigenvalue weighted by atomic mass is 9.95. The summed E-state index contributed by atoms with van der Waals surface area (Å²) < 4.78 is 0. The van der Waals surface area contributed by atoms with Crippen LogP contribution in [0.25, 0.3) is 0 Å². The van der Waals surface area contributed by atoms with Gasteiger partial charge >= 0.3 is 0 Å². The summed E-state index contributed by atoms with van der Waals surface area (Å²) in [5.74, 6) is 0.185. The molecule has 0 spiro atoms. The van der Waals surface area contributed by atoms with Crippen LogP contribution in [-0.4, -0.2) is 35.8 Å². The molecule has 2 unspecified atom stereocenters. The van der Waals surface area contributed by atoms with Gasteiger partial charge in [-0.25, -0.2) is 0 Å². The summed E-state index contributed by atoms with van der Waals surface area (Å²) in [7, 11) is 0. The molecule has 1 saturated heterocycles. The van der Waals surface area contributed by atoms with E-state index in [1.807, 2.05) is 58.3 Å². The van der Waals surface area contributed by atoms with Crippen LogP contribution in [0.3, 0.4) is 0 Å². The maximum Gasteiger partial charge on any atom is 0.232 e. The molecule has 2 amide bonds. The highest BCUT2D eigenvalue weighted by molar-refractivity contribution is 5.98. The standard InChI is InChI=1S/C23H26N2O2/c1-17-14-19-10-5-6-12-21(19)25(17)23(27)20-11-7-13-24(16-20)22(26)15-18-8-3-2-4-9-18/h2-6,8-10,12,17,20H,7,11,13-16H2,1H3. The summed E-state index contributed by atoms with van der Waals surface area (Å²) in [4.78, 5) is 29.9. The number of carbonyl (C=O) groups is 2. The summed E-state index contributed by atoms with van der Waals surface area (Å²) in [6, 6.07) is 18.2. The van der Waals surface area contributed by atoms with Crippen molar-refractivity contribution < 1.29 is 9.59 Å². The van der Waals surface area contributed by atoms with E-state index in [9.17, 15) is 9.59 Å². The van der Waals surface area contributed by atoms with Crippen LogP contribution in [0, 0.1) is 5.92 Å². The number of hydrogen-bond acceptors (Lipinski definition) is 2. The first kappa shape index (κ1) is 17.8. The molecule has 2 aliphatic rings. The lowest BCUT2D eigenvalue weighted by Crippen LogP contribution is -2.48. The Kier molecular flexibility index (Phi) is 4.97. The fraction of sp³-hybridized carbons (Fsp3) is 0.391. The maximum absolute atomic E-state index is 13.3. The highest BCUT2D eigenvalue weighted by Crippen LogP contribution is 2.34. The Labute approximate surface area is 160 Å². The van der Waals surface area contributed by atoms with E-state index in [-0.39, 0.29) is 23.8 Å². The van der Waals surface area contributed by atoms with Crippen molar-refractivity contribution in [1.29, 1.82) is 0 Å². The molecule has 2 heterocycles. The number of hydrogen-bond donors (Lipinski definition) is 0. The Morgan fingerprint density at radius 1 is 1.04 bits per heavy atom. The molecule has 0 aromatic heterocycles. The summed E-state index contributed by atoms with van der Waals surface area (Å²) in [5, 5.41) is 0. The number of para-hydroxylation sites is 1. The van der Waals surface area contributed by atoms with Gasteiger partial charge in [0.15, 0.2) is 0 Å². The average Bonchev–Trinajstić information content (AvgIpc) is 3.04. The Bertz CT molecular complexity index is 833. The summed E-state index contributed by atoms with van der Waals surface area (Å²) in [5.41, 5.74) is 3.31. The Hall–Kier alpha value is -2.62. The fourth-order valence-corrected chi connectivity index (χ4v) is 4.39. The number of carbonyl (C=O) groups excluding carboxylic acids is 2. The zero-order chi connectivity index (χ0) is 18.8. The van der Waals surface area contributed by atoms with E-state index in [4.69, 9.17) is 0 Å². The lowest BCUT2D eigenvalue weighted by molar-refractivity contribution is -0.134. The molecule has 140 valence electrons. The third-order valence-electron chi connectivity index (χ3n) is 5.77. The number of nitrogens with zero attached hydrogens (tertiary/aromatic N) is 2. The Morgan fingerprint density at radius 3 is 2.59 bits per heavy atom. The van der Waals surface area contributed by atoms with Gasteiger partial charge in [-0.05, 0) is 43.4 Å². The highest BCUT2D eigenvalue weighted by atomic mass is 16.2. The zero-order valence-electron chi connectivity index (χ0n) is 15.8. The van der Waals surface area contributed by atoms with E-state index in [0.29, 0.717) is 13.0 Å². The summed E-state index contributed by atoms with van der Waals surface area (Å²) in [6.45, 7) is 3.40. The second kappa shape index (κ2) is 7.55. The molecule has 4 rings (SSSR count). The molecule has 0 N–H and O–H groups in total. The van der Waals surface area contributed by atoms with Crippen LogP contribution in [0.4, 0.5) is 5.69 Å². The van der Waals surface area contributed by atoms with Crippen molar-refractivity contribution in [1.82, 2.24) is 4.90 Å². The number of benzene rings is 2. The van der Waals surface area contributed by atoms with Gasteiger partial charge in [-0.15, -0.1) is 0 Å². The second-order valence-corrected chi connectivity index (χ2v) is 7.73. The SMILES string of the molecule is CC1Cc2ccccc2N1C(=O)C1CCCN(C(=O)Cc2ccccc2)C1. The van der Waals surface area contributed by atoms with E-state index in [2.05, 4.69) is 13.0 Å². The molecular formula is C23H26N2O2. The van der Waals surface area contributed by atoms with E-state index in [0.717, 1.165) is 37.1 Å². The number of rotatable bonds is 3. The predicted molar refractivity (Wildman–Crippen MR) is 107 cm³/mol. The monoisotopic (exact) mass is 362 g/mol. The number of fused-ring (bicyclic) bond motifs is 1. The van der Waals surface area contributed by atoms with E-state index in [1.54, 1.807) is 0 Å². The largest absolute Gasteiger partial charge is 0.342 e. The van der Waals surface area contributed by atoms with Crippen molar-refractivity contribution in [3.05, 3.63) is 65.7 Å². The molecule has 2 aromatic rings. The minimum absolute atomic E-state index is 0.105. The van der Waals surface area contributed by atoms with Crippen LogP contribution in [0.5, 0.6) is 0 Å². The van der Waals surface area contributed by atoms with Crippen LogP contribution < -0.4 is 4.90 Å². The molecule has 27 heavy (non-hydrogen) atoms. The number of amides is 2. The molecule has 2 atom stereocenters. The minimum Gasteiger partial charge on any atom is -0.342 e. The van der Waals surface area contributed by atoms with Crippen LogP contribution in [0.1, 0.15) is 30.9 Å². The van der Waals surface area contributed by atoms with Gasteiger partial charge in [0.05, 0.1) is 12.3 Å². The number of likely N-dealkylation sites (tertiary alicyclic amines) is 1. The molecule has 2 aromatic carbocycles. The fourth-order valence-electron chi connectivity index (χ4n) is 4.39. The molecular weight excluding hydrogens is 336 g/mol. The molecule has 0 saturated carbocycles. The van der Waals surface area contributed by atoms with Crippen LogP contribution in [0.15, 0.2) is 54.6 Å². The lowest BCUT2D eigenvalue weighted by Gasteiger charge is -2.35. The summed E-state index contributed by atoms with van der Waals surface area (Å²) in [6.07, 6.45) is 3.07. The molecule has 0 radical (unpaired) electrons. The van der Waals surface area contributed by atoms with E-state index < -0.39 is 0 Å². The maximum atomic E-state index is 13.3. The topological polar surface area (TPSA) is 40.6 Å². The zero-order valence-corrected chi connectivity index (χ0v) is 15.8. The highest BCUT2D eigenvalue weighted by Gasteiger charge is 2.37. The third kappa shape index (κ3) is 3.61. The van der Waals surface area contributed by atoms with Gasteiger partial charge in [0.1, 0.15) is 0 Å². The molecule has 0 aliphatic carbocycles. The van der Waals surface area contributed by atoms with Crippen molar-refractivity contribution in [2.75, 3.05) is 18.0 Å². The quantitative estimate of drug-likeness (QED) is 0.839. The van der Waals surface area contributed by atoms with E-state index in [1.165, 1.54) is 5.56 Å². The molecule has 2 aliphatic heterocycles. The third-order valence-corrected chi connectivity index (χ3v) is 5.77.